The van der Waals surface area contributed by atoms with Crippen molar-refractivity contribution in [1.82, 2.24) is 10.2 Å². The summed E-state index contributed by atoms with van der Waals surface area (Å²) in [7, 11) is 0. The Labute approximate surface area is 105 Å². The highest BCUT2D eigenvalue weighted by atomic mass is 16.5. The Kier molecular flexibility index (Phi) is 3.42. The SMILES string of the molecule is CC1CCNC2(CCCC2)CN1C1CCOC1. The Balaban J connectivity index is 1.74. The summed E-state index contributed by atoms with van der Waals surface area (Å²) in [6.07, 6.45) is 8.11. The largest absolute Gasteiger partial charge is 0.380 e. The first kappa shape index (κ1) is 11.9. The third kappa shape index (κ3) is 2.38. The second-order valence-corrected chi connectivity index (χ2v) is 6.24. The monoisotopic (exact) mass is 238 g/mol. The summed E-state index contributed by atoms with van der Waals surface area (Å²) in [5.41, 5.74) is 0.438. The third-order valence-electron chi connectivity index (χ3n) is 5.05. The molecular formula is C14H26N2O. The van der Waals surface area contributed by atoms with Crippen molar-refractivity contribution in [2.45, 2.75) is 63.1 Å². The second-order valence-electron chi connectivity index (χ2n) is 6.24. The molecular weight excluding hydrogens is 212 g/mol. The number of hydrogen-bond acceptors (Lipinski definition) is 3. The van der Waals surface area contributed by atoms with Crippen LogP contribution in [0.4, 0.5) is 0 Å². The van der Waals surface area contributed by atoms with Gasteiger partial charge in [0.25, 0.3) is 0 Å². The quantitative estimate of drug-likeness (QED) is 0.753. The molecule has 0 radical (unpaired) electrons. The molecule has 3 heteroatoms. The summed E-state index contributed by atoms with van der Waals surface area (Å²) in [5.74, 6) is 0. The van der Waals surface area contributed by atoms with E-state index in [-0.39, 0.29) is 0 Å². The van der Waals surface area contributed by atoms with Crippen molar-refractivity contribution in [3.05, 3.63) is 0 Å². The maximum Gasteiger partial charge on any atom is 0.0622 e. The zero-order valence-electron chi connectivity index (χ0n) is 11.1. The molecule has 1 N–H and O–H groups in total. The first-order chi connectivity index (χ1) is 8.29. The summed E-state index contributed by atoms with van der Waals surface area (Å²) in [4.78, 5) is 2.75. The van der Waals surface area contributed by atoms with E-state index in [2.05, 4.69) is 17.1 Å². The smallest absolute Gasteiger partial charge is 0.0622 e. The van der Waals surface area contributed by atoms with Crippen LogP contribution in [0.2, 0.25) is 0 Å². The van der Waals surface area contributed by atoms with Crippen LogP contribution in [-0.4, -0.2) is 48.8 Å². The van der Waals surface area contributed by atoms with Crippen LogP contribution in [0.5, 0.6) is 0 Å². The minimum atomic E-state index is 0.438. The average Bonchev–Trinajstić information content (AvgIpc) is 2.94. The fourth-order valence-corrected chi connectivity index (χ4v) is 3.93. The fourth-order valence-electron chi connectivity index (χ4n) is 3.93. The molecule has 3 aliphatic rings. The zero-order valence-corrected chi connectivity index (χ0v) is 11.1. The van der Waals surface area contributed by atoms with E-state index in [1.807, 2.05) is 0 Å². The van der Waals surface area contributed by atoms with Gasteiger partial charge in [0.1, 0.15) is 0 Å². The van der Waals surface area contributed by atoms with Gasteiger partial charge in [0, 0.05) is 30.8 Å². The van der Waals surface area contributed by atoms with Gasteiger partial charge < -0.3 is 10.1 Å². The van der Waals surface area contributed by atoms with Crippen molar-refractivity contribution in [1.29, 1.82) is 0 Å². The van der Waals surface area contributed by atoms with Gasteiger partial charge in [-0.05, 0) is 39.2 Å². The van der Waals surface area contributed by atoms with E-state index in [1.54, 1.807) is 0 Å². The van der Waals surface area contributed by atoms with Crippen molar-refractivity contribution in [2.75, 3.05) is 26.3 Å². The van der Waals surface area contributed by atoms with E-state index >= 15 is 0 Å². The Bertz CT molecular complexity index is 257. The Morgan fingerprint density at radius 1 is 1.24 bits per heavy atom. The number of nitrogens with one attached hydrogen (secondary N) is 1. The van der Waals surface area contributed by atoms with Crippen molar-refractivity contribution in [2.24, 2.45) is 0 Å². The van der Waals surface area contributed by atoms with Crippen LogP contribution in [0.15, 0.2) is 0 Å². The fraction of sp³-hybridized carbons (Fsp3) is 1.00. The van der Waals surface area contributed by atoms with Crippen molar-refractivity contribution in [3.8, 4) is 0 Å². The topological polar surface area (TPSA) is 24.5 Å². The molecule has 17 heavy (non-hydrogen) atoms. The molecule has 1 saturated carbocycles. The summed E-state index contributed by atoms with van der Waals surface area (Å²) in [5, 5.41) is 3.86. The van der Waals surface area contributed by atoms with Crippen LogP contribution in [0.1, 0.15) is 45.4 Å². The van der Waals surface area contributed by atoms with Crippen LogP contribution < -0.4 is 5.32 Å². The highest BCUT2D eigenvalue weighted by Crippen LogP contribution is 2.34. The van der Waals surface area contributed by atoms with Crippen molar-refractivity contribution >= 4 is 0 Å². The summed E-state index contributed by atoms with van der Waals surface area (Å²) in [6.45, 7) is 6.77. The molecule has 0 aromatic heterocycles. The Morgan fingerprint density at radius 3 is 2.76 bits per heavy atom. The van der Waals surface area contributed by atoms with E-state index < -0.39 is 0 Å². The van der Waals surface area contributed by atoms with Gasteiger partial charge in [0.05, 0.1) is 6.61 Å². The maximum absolute atomic E-state index is 5.59. The average molecular weight is 238 g/mol. The van der Waals surface area contributed by atoms with Gasteiger partial charge in [0.15, 0.2) is 0 Å². The van der Waals surface area contributed by atoms with E-state index in [9.17, 15) is 0 Å². The highest BCUT2D eigenvalue weighted by Gasteiger charge is 2.40. The lowest BCUT2D eigenvalue weighted by Crippen LogP contribution is -2.53. The Morgan fingerprint density at radius 2 is 2.06 bits per heavy atom. The number of hydrogen-bond donors (Lipinski definition) is 1. The predicted octanol–water partition coefficient (Wildman–Crippen LogP) is 1.77. The van der Waals surface area contributed by atoms with Gasteiger partial charge >= 0.3 is 0 Å². The van der Waals surface area contributed by atoms with Gasteiger partial charge in [0.2, 0.25) is 0 Å². The van der Waals surface area contributed by atoms with Gasteiger partial charge in [-0.25, -0.2) is 0 Å². The lowest BCUT2D eigenvalue weighted by atomic mass is 9.96. The summed E-state index contributed by atoms with van der Waals surface area (Å²) in [6, 6.07) is 1.40. The van der Waals surface area contributed by atoms with Crippen LogP contribution in [0, 0.1) is 0 Å². The first-order valence-corrected chi connectivity index (χ1v) is 7.38. The van der Waals surface area contributed by atoms with Gasteiger partial charge in [-0.2, -0.15) is 0 Å². The lowest BCUT2D eigenvalue weighted by Gasteiger charge is -2.38. The molecule has 3 nitrogen and oxygen atoms in total. The molecule has 98 valence electrons. The van der Waals surface area contributed by atoms with Crippen molar-refractivity contribution in [3.63, 3.8) is 0 Å². The van der Waals surface area contributed by atoms with Crippen LogP contribution >= 0.6 is 0 Å². The number of rotatable bonds is 1. The first-order valence-electron chi connectivity index (χ1n) is 7.38. The summed E-state index contributed by atoms with van der Waals surface area (Å²) < 4.78 is 5.59. The molecule has 2 unspecified atom stereocenters. The van der Waals surface area contributed by atoms with Gasteiger partial charge in [-0.1, -0.05) is 12.8 Å². The number of ether oxygens (including phenoxy) is 1. The minimum Gasteiger partial charge on any atom is -0.380 e. The molecule has 1 aliphatic carbocycles. The standard InChI is InChI=1S/C14H26N2O/c1-12-4-8-15-14(6-2-3-7-14)11-16(12)13-5-9-17-10-13/h12-13,15H,2-11H2,1H3. The van der Waals surface area contributed by atoms with Gasteiger partial charge in [-0.3, -0.25) is 4.90 Å². The summed E-state index contributed by atoms with van der Waals surface area (Å²) >= 11 is 0. The number of nitrogens with zero attached hydrogens (tertiary/aromatic N) is 1. The molecule has 2 heterocycles. The molecule has 0 amide bonds. The zero-order chi connectivity index (χ0) is 11.7. The van der Waals surface area contributed by atoms with E-state index in [4.69, 9.17) is 4.74 Å². The molecule has 0 bridgehead atoms. The van der Waals surface area contributed by atoms with E-state index in [1.165, 1.54) is 51.6 Å². The second kappa shape index (κ2) is 4.87. The highest BCUT2D eigenvalue weighted by molar-refractivity contribution is 4.99. The molecule has 2 atom stereocenters. The van der Waals surface area contributed by atoms with E-state index in [0.29, 0.717) is 17.6 Å². The molecule has 0 aromatic carbocycles. The minimum absolute atomic E-state index is 0.438. The predicted molar refractivity (Wildman–Crippen MR) is 69.2 cm³/mol. The molecule has 3 rings (SSSR count). The molecule has 1 spiro atoms. The van der Waals surface area contributed by atoms with E-state index in [0.717, 1.165) is 13.2 Å². The van der Waals surface area contributed by atoms with Crippen LogP contribution in [0.3, 0.4) is 0 Å². The molecule has 2 aliphatic heterocycles. The Hall–Kier alpha value is -0.120. The molecule has 2 saturated heterocycles. The molecule has 0 aromatic rings. The van der Waals surface area contributed by atoms with Crippen molar-refractivity contribution < 1.29 is 4.74 Å². The normalized spacial score (nSPS) is 38.6. The van der Waals surface area contributed by atoms with Gasteiger partial charge in [-0.15, -0.1) is 0 Å². The third-order valence-corrected chi connectivity index (χ3v) is 5.05. The van der Waals surface area contributed by atoms with Crippen LogP contribution in [0.25, 0.3) is 0 Å². The van der Waals surface area contributed by atoms with Crippen LogP contribution in [-0.2, 0) is 4.74 Å². The lowest BCUT2D eigenvalue weighted by molar-refractivity contribution is 0.0957. The maximum atomic E-state index is 5.59. The molecule has 3 fully saturated rings.